The van der Waals surface area contributed by atoms with Gasteiger partial charge in [0.2, 0.25) is 0 Å². The van der Waals surface area contributed by atoms with E-state index < -0.39 is 0 Å². The molecule has 0 bridgehead atoms. The van der Waals surface area contributed by atoms with Crippen LogP contribution >= 0.6 is 0 Å². The third-order valence-corrected chi connectivity index (χ3v) is 5.68. The van der Waals surface area contributed by atoms with Gasteiger partial charge in [0.15, 0.2) is 0 Å². The number of nitrogens with zero attached hydrogens (tertiary/aromatic N) is 1. The first-order valence-electron chi connectivity index (χ1n) is 8.69. The Hall–Kier alpha value is -1.86. The molecule has 1 heteroatoms. The Kier molecular flexibility index (Phi) is 3.42. The molecule has 0 N–H and O–H groups in total. The lowest BCUT2D eigenvalue weighted by Gasteiger charge is -2.38. The summed E-state index contributed by atoms with van der Waals surface area (Å²) in [5.41, 5.74) is 9.08. The van der Waals surface area contributed by atoms with E-state index in [9.17, 15) is 0 Å². The second-order valence-corrected chi connectivity index (χ2v) is 7.50. The molecule has 2 aliphatic rings. The van der Waals surface area contributed by atoms with Crippen LogP contribution in [0.15, 0.2) is 54.1 Å². The summed E-state index contributed by atoms with van der Waals surface area (Å²) < 4.78 is 0. The van der Waals surface area contributed by atoms with Crippen molar-refractivity contribution in [2.75, 3.05) is 20.1 Å². The number of rotatable bonds is 0. The van der Waals surface area contributed by atoms with Gasteiger partial charge in [-0.05, 0) is 47.7 Å². The van der Waals surface area contributed by atoms with E-state index in [1.54, 1.807) is 5.57 Å². The standard InChI is InChI=1S/C22H25N/c1-22(2)19-10-6-4-8-17(19)21(16-12-14-23(3)15-13-16)18-9-5-7-11-20(18)22/h4-11H,12-15H2,1-3H3. The number of likely N-dealkylation sites (tertiary alicyclic amines) is 1. The first-order chi connectivity index (χ1) is 11.1. The van der Waals surface area contributed by atoms with Crippen molar-refractivity contribution >= 4 is 5.57 Å². The van der Waals surface area contributed by atoms with E-state index in [1.807, 2.05) is 0 Å². The van der Waals surface area contributed by atoms with Crippen molar-refractivity contribution < 1.29 is 0 Å². The molecule has 1 aliphatic heterocycles. The van der Waals surface area contributed by atoms with E-state index in [-0.39, 0.29) is 5.41 Å². The normalized spacial score (nSPS) is 20.1. The monoisotopic (exact) mass is 303 g/mol. The molecule has 0 amide bonds. The molecule has 2 aromatic carbocycles. The molecule has 1 aliphatic carbocycles. The molecule has 2 aromatic rings. The predicted octanol–water partition coefficient (Wildman–Crippen LogP) is 4.85. The third kappa shape index (κ3) is 2.26. The number of benzene rings is 2. The van der Waals surface area contributed by atoms with Crippen LogP contribution in [0.2, 0.25) is 0 Å². The lowest BCUT2D eigenvalue weighted by molar-refractivity contribution is 0.313. The largest absolute Gasteiger partial charge is 0.306 e. The van der Waals surface area contributed by atoms with Crippen molar-refractivity contribution in [1.82, 2.24) is 4.90 Å². The summed E-state index contributed by atoms with van der Waals surface area (Å²) in [5.74, 6) is 0. The quantitative estimate of drug-likeness (QED) is 0.672. The molecule has 0 aromatic heterocycles. The van der Waals surface area contributed by atoms with E-state index in [1.165, 1.54) is 53.8 Å². The zero-order valence-electron chi connectivity index (χ0n) is 14.4. The minimum Gasteiger partial charge on any atom is -0.306 e. The molecule has 0 saturated carbocycles. The molecule has 23 heavy (non-hydrogen) atoms. The van der Waals surface area contributed by atoms with Gasteiger partial charge in [0.05, 0.1) is 0 Å². The fourth-order valence-electron chi connectivity index (χ4n) is 4.30. The van der Waals surface area contributed by atoms with Crippen molar-refractivity contribution in [2.45, 2.75) is 32.1 Å². The second kappa shape index (κ2) is 5.35. The molecule has 0 radical (unpaired) electrons. The summed E-state index contributed by atoms with van der Waals surface area (Å²) in [4.78, 5) is 2.44. The first kappa shape index (κ1) is 14.7. The summed E-state index contributed by atoms with van der Waals surface area (Å²) in [6.07, 6.45) is 2.38. The number of hydrogen-bond donors (Lipinski definition) is 0. The summed E-state index contributed by atoms with van der Waals surface area (Å²) in [7, 11) is 2.23. The lowest BCUT2D eigenvalue weighted by Crippen LogP contribution is -2.30. The minimum absolute atomic E-state index is 0.0721. The van der Waals surface area contributed by atoms with Crippen LogP contribution in [0.5, 0.6) is 0 Å². The summed E-state index contributed by atoms with van der Waals surface area (Å²) in [5, 5.41) is 0. The van der Waals surface area contributed by atoms with Gasteiger partial charge in [-0.3, -0.25) is 0 Å². The van der Waals surface area contributed by atoms with Gasteiger partial charge < -0.3 is 4.90 Å². The Morgan fingerprint density at radius 2 is 1.26 bits per heavy atom. The SMILES string of the molecule is CN1CCC(=C2c3ccccc3C(C)(C)c3ccccc32)CC1. The Morgan fingerprint density at radius 1 is 0.783 bits per heavy atom. The molecule has 0 spiro atoms. The van der Waals surface area contributed by atoms with Crippen LogP contribution in [0, 0.1) is 0 Å². The van der Waals surface area contributed by atoms with Crippen molar-refractivity contribution in [3.63, 3.8) is 0 Å². The molecule has 0 atom stereocenters. The van der Waals surface area contributed by atoms with E-state index in [0.29, 0.717) is 0 Å². The van der Waals surface area contributed by atoms with Crippen LogP contribution in [-0.2, 0) is 5.41 Å². The maximum absolute atomic E-state index is 2.44. The molecule has 1 fully saturated rings. The van der Waals surface area contributed by atoms with Crippen molar-refractivity contribution in [1.29, 1.82) is 0 Å². The van der Waals surface area contributed by atoms with Crippen molar-refractivity contribution in [2.24, 2.45) is 0 Å². The van der Waals surface area contributed by atoms with Crippen LogP contribution in [0.1, 0.15) is 48.9 Å². The molecule has 118 valence electrons. The van der Waals surface area contributed by atoms with Crippen LogP contribution < -0.4 is 0 Å². The van der Waals surface area contributed by atoms with Gasteiger partial charge in [0.25, 0.3) is 0 Å². The summed E-state index contributed by atoms with van der Waals surface area (Å²) in [6, 6.07) is 18.1. The first-order valence-corrected chi connectivity index (χ1v) is 8.69. The smallest absolute Gasteiger partial charge is 0.0158 e. The third-order valence-electron chi connectivity index (χ3n) is 5.68. The molecular weight excluding hydrogens is 278 g/mol. The van der Waals surface area contributed by atoms with Crippen LogP contribution in [0.4, 0.5) is 0 Å². The number of hydrogen-bond acceptors (Lipinski definition) is 1. The highest BCUT2D eigenvalue weighted by atomic mass is 15.1. The highest BCUT2D eigenvalue weighted by Crippen LogP contribution is 2.48. The molecule has 0 unspecified atom stereocenters. The van der Waals surface area contributed by atoms with E-state index in [4.69, 9.17) is 0 Å². The predicted molar refractivity (Wildman–Crippen MR) is 97.8 cm³/mol. The zero-order chi connectivity index (χ0) is 16.0. The van der Waals surface area contributed by atoms with E-state index in [2.05, 4.69) is 74.3 Å². The van der Waals surface area contributed by atoms with Gasteiger partial charge in [-0.15, -0.1) is 0 Å². The van der Waals surface area contributed by atoms with Crippen LogP contribution in [0.25, 0.3) is 5.57 Å². The van der Waals surface area contributed by atoms with Crippen molar-refractivity contribution in [3.8, 4) is 0 Å². The maximum Gasteiger partial charge on any atom is 0.0158 e. The highest BCUT2D eigenvalue weighted by Gasteiger charge is 2.35. The van der Waals surface area contributed by atoms with Gasteiger partial charge in [-0.2, -0.15) is 0 Å². The average molecular weight is 303 g/mol. The Labute approximate surface area is 139 Å². The fraction of sp³-hybridized carbons (Fsp3) is 0.364. The van der Waals surface area contributed by atoms with Gasteiger partial charge in [-0.25, -0.2) is 0 Å². The minimum atomic E-state index is 0.0721. The highest BCUT2D eigenvalue weighted by molar-refractivity contribution is 5.89. The summed E-state index contributed by atoms with van der Waals surface area (Å²) in [6.45, 7) is 7.07. The molecular formula is C22H25N. The Morgan fingerprint density at radius 3 is 1.78 bits per heavy atom. The van der Waals surface area contributed by atoms with Crippen molar-refractivity contribution in [3.05, 3.63) is 76.4 Å². The molecule has 1 nitrogen and oxygen atoms in total. The summed E-state index contributed by atoms with van der Waals surface area (Å²) >= 11 is 0. The lowest BCUT2D eigenvalue weighted by atomic mass is 9.66. The van der Waals surface area contributed by atoms with Crippen LogP contribution in [0.3, 0.4) is 0 Å². The fourth-order valence-corrected chi connectivity index (χ4v) is 4.30. The average Bonchev–Trinajstić information content (AvgIpc) is 2.57. The Balaban J connectivity index is 2.00. The van der Waals surface area contributed by atoms with Gasteiger partial charge in [0, 0.05) is 18.5 Å². The van der Waals surface area contributed by atoms with E-state index >= 15 is 0 Å². The zero-order valence-corrected chi connectivity index (χ0v) is 14.4. The number of fused-ring (bicyclic) bond motifs is 2. The van der Waals surface area contributed by atoms with E-state index in [0.717, 1.165) is 0 Å². The molecule has 4 rings (SSSR count). The second-order valence-electron chi connectivity index (χ2n) is 7.50. The molecule has 1 heterocycles. The Bertz CT molecular complexity index is 721. The topological polar surface area (TPSA) is 3.24 Å². The number of piperidine rings is 1. The van der Waals surface area contributed by atoms with Gasteiger partial charge in [-0.1, -0.05) is 68.0 Å². The van der Waals surface area contributed by atoms with Gasteiger partial charge >= 0.3 is 0 Å². The van der Waals surface area contributed by atoms with Crippen LogP contribution in [-0.4, -0.2) is 25.0 Å². The van der Waals surface area contributed by atoms with Gasteiger partial charge in [0.1, 0.15) is 0 Å². The maximum atomic E-state index is 2.44. The molecule has 1 saturated heterocycles.